The molecule has 0 spiro atoms. The smallest absolute Gasteiger partial charge is 0.224 e. The SMILES string of the molecule is CC(=O)Nc1ccc(CC(=O)N[C@@H](c2ccccc2)C2CC2)cc1. The monoisotopic (exact) mass is 322 g/mol. The Kier molecular flexibility index (Phi) is 4.94. The van der Waals surface area contributed by atoms with Crippen LogP contribution in [0.15, 0.2) is 54.6 Å². The molecule has 1 atom stereocenters. The largest absolute Gasteiger partial charge is 0.349 e. The average Bonchev–Trinajstić information content (AvgIpc) is 3.40. The lowest BCUT2D eigenvalue weighted by Crippen LogP contribution is -2.31. The van der Waals surface area contributed by atoms with Crippen LogP contribution in [0.5, 0.6) is 0 Å². The van der Waals surface area contributed by atoms with E-state index >= 15 is 0 Å². The van der Waals surface area contributed by atoms with Crippen molar-refractivity contribution in [3.63, 3.8) is 0 Å². The van der Waals surface area contributed by atoms with Crippen LogP contribution in [-0.2, 0) is 16.0 Å². The van der Waals surface area contributed by atoms with Crippen molar-refractivity contribution in [2.75, 3.05) is 5.32 Å². The van der Waals surface area contributed by atoms with Crippen LogP contribution in [-0.4, -0.2) is 11.8 Å². The van der Waals surface area contributed by atoms with Gasteiger partial charge in [0.1, 0.15) is 0 Å². The Hall–Kier alpha value is -2.62. The molecule has 3 rings (SSSR count). The van der Waals surface area contributed by atoms with Crippen LogP contribution >= 0.6 is 0 Å². The van der Waals surface area contributed by atoms with Crippen molar-refractivity contribution in [1.82, 2.24) is 5.32 Å². The number of carbonyl (C=O) groups excluding carboxylic acids is 2. The lowest BCUT2D eigenvalue weighted by atomic mass is 10.0. The van der Waals surface area contributed by atoms with E-state index in [0.717, 1.165) is 11.3 Å². The highest BCUT2D eigenvalue weighted by molar-refractivity contribution is 5.88. The molecule has 2 N–H and O–H groups in total. The third kappa shape index (κ3) is 4.44. The molecule has 0 saturated heterocycles. The summed E-state index contributed by atoms with van der Waals surface area (Å²) in [5.74, 6) is 0.483. The van der Waals surface area contributed by atoms with Gasteiger partial charge in [-0.2, -0.15) is 0 Å². The van der Waals surface area contributed by atoms with Crippen LogP contribution in [0.2, 0.25) is 0 Å². The molecule has 0 heterocycles. The number of carbonyl (C=O) groups is 2. The van der Waals surface area contributed by atoms with E-state index in [1.54, 1.807) is 0 Å². The first-order valence-electron chi connectivity index (χ1n) is 8.32. The van der Waals surface area contributed by atoms with Crippen LogP contribution in [0.4, 0.5) is 5.69 Å². The topological polar surface area (TPSA) is 58.2 Å². The van der Waals surface area contributed by atoms with E-state index in [2.05, 4.69) is 22.8 Å². The Morgan fingerprint density at radius 1 is 1.04 bits per heavy atom. The summed E-state index contributed by atoms with van der Waals surface area (Å²) in [5.41, 5.74) is 2.85. The molecule has 2 aromatic rings. The van der Waals surface area contributed by atoms with Crippen molar-refractivity contribution in [2.24, 2.45) is 5.92 Å². The minimum absolute atomic E-state index is 0.0306. The minimum Gasteiger partial charge on any atom is -0.349 e. The fourth-order valence-corrected chi connectivity index (χ4v) is 2.88. The van der Waals surface area contributed by atoms with Crippen molar-refractivity contribution < 1.29 is 9.59 Å². The van der Waals surface area contributed by atoms with Gasteiger partial charge in [0, 0.05) is 12.6 Å². The molecule has 4 nitrogen and oxygen atoms in total. The lowest BCUT2D eigenvalue weighted by Gasteiger charge is -2.19. The molecule has 0 aliphatic heterocycles. The second-order valence-corrected chi connectivity index (χ2v) is 6.35. The number of anilines is 1. The normalized spacial score (nSPS) is 14.7. The number of hydrogen-bond donors (Lipinski definition) is 2. The Bertz CT molecular complexity index is 706. The van der Waals surface area contributed by atoms with E-state index in [9.17, 15) is 9.59 Å². The van der Waals surface area contributed by atoms with Crippen molar-refractivity contribution in [3.05, 3.63) is 65.7 Å². The minimum atomic E-state index is -0.101. The summed E-state index contributed by atoms with van der Waals surface area (Å²) < 4.78 is 0. The molecule has 1 fully saturated rings. The summed E-state index contributed by atoms with van der Waals surface area (Å²) in [7, 11) is 0. The van der Waals surface area contributed by atoms with Crippen molar-refractivity contribution in [3.8, 4) is 0 Å². The molecule has 0 radical (unpaired) electrons. The molecule has 2 aromatic carbocycles. The predicted octanol–water partition coefficient (Wildman–Crippen LogP) is 3.46. The van der Waals surface area contributed by atoms with E-state index in [1.165, 1.54) is 25.3 Å². The first-order chi connectivity index (χ1) is 11.6. The standard InChI is InChI=1S/C20H22N2O2/c1-14(23)21-18-11-7-15(8-12-18)13-19(24)22-20(17-9-10-17)16-5-3-2-4-6-16/h2-8,11-12,17,20H,9-10,13H2,1H3,(H,21,23)(H,22,24)/t20-/m0/s1. The fraction of sp³-hybridized carbons (Fsp3) is 0.300. The highest BCUT2D eigenvalue weighted by Crippen LogP contribution is 2.40. The Morgan fingerprint density at radius 3 is 2.29 bits per heavy atom. The number of hydrogen-bond acceptors (Lipinski definition) is 2. The maximum absolute atomic E-state index is 12.4. The third-order valence-electron chi connectivity index (χ3n) is 4.21. The molecule has 0 aromatic heterocycles. The van der Waals surface area contributed by atoms with E-state index in [-0.39, 0.29) is 17.9 Å². The van der Waals surface area contributed by atoms with Crippen molar-refractivity contribution >= 4 is 17.5 Å². The quantitative estimate of drug-likeness (QED) is 0.856. The zero-order valence-electron chi connectivity index (χ0n) is 13.8. The van der Waals surface area contributed by atoms with Gasteiger partial charge in [-0.25, -0.2) is 0 Å². The van der Waals surface area contributed by atoms with Crippen LogP contribution in [0.1, 0.15) is 36.9 Å². The first-order valence-corrected chi connectivity index (χ1v) is 8.32. The highest BCUT2D eigenvalue weighted by Gasteiger charge is 2.33. The van der Waals surface area contributed by atoms with Crippen molar-refractivity contribution in [2.45, 2.75) is 32.2 Å². The summed E-state index contributed by atoms with van der Waals surface area (Å²) in [6.45, 7) is 1.48. The number of nitrogens with one attached hydrogen (secondary N) is 2. The number of benzene rings is 2. The molecule has 24 heavy (non-hydrogen) atoms. The maximum atomic E-state index is 12.4. The van der Waals surface area contributed by atoms with Crippen LogP contribution in [0.25, 0.3) is 0 Å². The summed E-state index contributed by atoms with van der Waals surface area (Å²) in [6, 6.07) is 17.7. The molecule has 1 aliphatic carbocycles. The van der Waals surface area contributed by atoms with Gasteiger partial charge in [0.2, 0.25) is 11.8 Å². The molecule has 2 amide bonds. The average molecular weight is 322 g/mol. The summed E-state index contributed by atoms with van der Waals surface area (Å²) in [4.78, 5) is 23.4. The number of amides is 2. The molecule has 4 heteroatoms. The van der Waals surface area contributed by atoms with Crippen LogP contribution in [0, 0.1) is 5.92 Å². The van der Waals surface area contributed by atoms with Gasteiger partial charge in [-0.05, 0) is 42.0 Å². The Labute approximate surface area is 142 Å². The van der Waals surface area contributed by atoms with Gasteiger partial charge < -0.3 is 10.6 Å². The molecule has 1 aliphatic rings. The second kappa shape index (κ2) is 7.30. The molecular weight excluding hydrogens is 300 g/mol. The molecule has 0 bridgehead atoms. The van der Waals surface area contributed by atoms with Gasteiger partial charge >= 0.3 is 0 Å². The van der Waals surface area contributed by atoms with Gasteiger partial charge in [0.25, 0.3) is 0 Å². The molecule has 0 unspecified atom stereocenters. The van der Waals surface area contributed by atoms with E-state index in [4.69, 9.17) is 0 Å². The Morgan fingerprint density at radius 2 is 1.71 bits per heavy atom. The summed E-state index contributed by atoms with van der Waals surface area (Å²) in [6.07, 6.45) is 2.69. The van der Waals surface area contributed by atoms with Gasteiger partial charge in [0.05, 0.1) is 12.5 Å². The van der Waals surface area contributed by atoms with E-state index in [1.807, 2.05) is 42.5 Å². The van der Waals surface area contributed by atoms with E-state index < -0.39 is 0 Å². The van der Waals surface area contributed by atoms with Crippen LogP contribution in [0.3, 0.4) is 0 Å². The third-order valence-corrected chi connectivity index (χ3v) is 4.21. The molecule has 1 saturated carbocycles. The van der Waals surface area contributed by atoms with Crippen molar-refractivity contribution in [1.29, 1.82) is 0 Å². The second-order valence-electron chi connectivity index (χ2n) is 6.35. The van der Waals surface area contributed by atoms with E-state index in [0.29, 0.717) is 12.3 Å². The van der Waals surface area contributed by atoms with Gasteiger partial charge in [-0.1, -0.05) is 42.5 Å². The Balaban J connectivity index is 1.61. The molecule has 124 valence electrons. The highest BCUT2D eigenvalue weighted by atomic mass is 16.2. The maximum Gasteiger partial charge on any atom is 0.224 e. The van der Waals surface area contributed by atoms with Crippen LogP contribution < -0.4 is 10.6 Å². The number of rotatable bonds is 6. The van der Waals surface area contributed by atoms with Gasteiger partial charge in [-0.3, -0.25) is 9.59 Å². The molecular formula is C20H22N2O2. The predicted molar refractivity (Wildman–Crippen MR) is 94.5 cm³/mol. The van der Waals surface area contributed by atoms with Gasteiger partial charge in [-0.15, -0.1) is 0 Å². The zero-order chi connectivity index (χ0) is 16.9. The summed E-state index contributed by atoms with van der Waals surface area (Å²) in [5, 5.41) is 5.90. The first kappa shape index (κ1) is 16.2. The van der Waals surface area contributed by atoms with Gasteiger partial charge in [0.15, 0.2) is 0 Å². The fourth-order valence-electron chi connectivity index (χ4n) is 2.88. The zero-order valence-corrected chi connectivity index (χ0v) is 13.8. The summed E-state index contributed by atoms with van der Waals surface area (Å²) >= 11 is 0. The lowest BCUT2D eigenvalue weighted by molar-refractivity contribution is -0.121.